The van der Waals surface area contributed by atoms with Crippen molar-refractivity contribution in [2.75, 3.05) is 0 Å². The molecular weight excluding hydrogens is 450 g/mol. The predicted octanol–water partition coefficient (Wildman–Crippen LogP) is 6.04. The van der Waals surface area contributed by atoms with Gasteiger partial charge in [0, 0.05) is 10.9 Å². The van der Waals surface area contributed by atoms with Crippen LogP contribution in [0.25, 0.3) is 10.9 Å². The summed E-state index contributed by atoms with van der Waals surface area (Å²) in [5.74, 6) is 2.25. The number of hydrogen-bond acceptors (Lipinski definition) is 3. The summed E-state index contributed by atoms with van der Waals surface area (Å²) in [6.07, 6.45) is 10.6. The van der Waals surface area contributed by atoms with Crippen LogP contribution in [0.1, 0.15) is 65.7 Å². The van der Waals surface area contributed by atoms with E-state index < -0.39 is 0 Å². The van der Waals surface area contributed by atoms with E-state index in [1.165, 1.54) is 49.5 Å². The molecule has 4 bridgehead atoms. The third kappa shape index (κ3) is 4.16. The van der Waals surface area contributed by atoms with Gasteiger partial charge in [0.1, 0.15) is 10.7 Å². The molecule has 1 heterocycles. The Morgan fingerprint density at radius 1 is 1.00 bits per heavy atom. The monoisotopic (exact) mass is 481 g/mol. The zero-order chi connectivity index (χ0) is 24.0. The first-order chi connectivity index (χ1) is 17.0. The number of hydrogen-bond donors (Lipinski definition) is 2. The van der Waals surface area contributed by atoms with Crippen LogP contribution in [0.15, 0.2) is 67.3 Å². The van der Waals surface area contributed by atoms with Gasteiger partial charge in [-0.2, -0.15) is 0 Å². The van der Waals surface area contributed by atoms with Gasteiger partial charge in [0.2, 0.25) is 0 Å². The largest absolute Gasteiger partial charge is 0.288 e. The van der Waals surface area contributed by atoms with Crippen molar-refractivity contribution in [2.24, 2.45) is 17.8 Å². The Kier molecular flexibility index (Phi) is 5.68. The number of carbonyl (C=O) groups is 1. The van der Waals surface area contributed by atoms with E-state index in [1.54, 1.807) is 0 Å². The highest BCUT2D eigenvalue weighted by Gasteiger charge is 2.52. The molecule has 4 saturated carbocycles. The summed E-state index contributed by atoms with van der Waals surface area (Å²) >= 11 is 5.54. The number of para-hydroxylation sites is 1. The number of amides is 1. The van der Waals surface area contributed by atoms with Gasteiger partial charge in [0.05, 0.1) is 5.52 Å². The first-order valence-electron chi connectivity index (χ1n) is 12.7. The number of rotatable bonds is 5. The lowest BCUT2D eigenvalue weighted by Gasteiger charge is -2.57. The molecule has 5 heteroatoms. The van der Waals surface area contributed by atoms with E-state index in [1.807, 2.05) is 42.5 Å². The molecule has 0 spiro atoms. The summed E-state index contributed by atoms with van der Waals surface area (Å²) in [6.45, 7) is 3.80. The van der Waals surface area contributed by atoms with Crippen LogP contribution in [-0.4, -0.2) is 15.9 Å². The maximum Gasteiger partial charge on any atom is 0.288 e. The van der Waals surface area contributed by atoms with Gasteiger partial charge in [-0.15, -0.1) is 6.58 Å². The van der Waals surface area contributed by atoms with E-state index in [2.05, 4.69) is 35.6 Å². The smallest absolute Gasteiger partial charge is 0.287 e. The minimum absolute atomic E-state index is 0.181. The molecule has 2 N–H and O–H groups in total. The molecule has 0 unspecified atom stereocenters. The van der Waals surface area contributed by atoms with Crippen molar-refractivity contribution < 1.29 is 4.79 Å². The third-order valence-electron chi connectivity index (χ3n) is 8.42. The second kappa shape index (κ2) is 8.87. The fourth-order valence-corrected chi connectivity index (χ4v) is 7.60. The van der Waals surface area contributed by atoms with Crippen LogP contribution < -0.4 is 10.9 Å². The van der Waals surface area contributed by atoms with Crippen molar-refractivity contribution in [2.45, 2.75) is 50.4 Å². The Morgan fingerprint density at radius 3 is 2.43 bits per heavy atom. The highest BCUT2D eigenvalue weighted by atomic mass is 32.1. The van der Waals surface area contributed by atoms with Gasteiger partial charge < -0.3 is 0 Å². The maximum atomic E-state index is 13.3. The number of benzene rings is 2. The Balaban J connectivity index is 1.28. The van der Waals surface area contributed by atoms with Gasteiger partial charge in [-0.25, -0.2) is 4.98 Å². The Hall–Kier alpha value is -3.05. The number of thiocarbonyl (C=S) groups is 1. The van der Waals surface area contributed by atoms with Gasteiger partial charge in [0.15, 0.2) is 0 Å². The van der Waals surface area contributed by atoms with Crippen molar-refractivity contribution >= 4 is 34.0 Å². The Morgan fingerprint density at radius 2 is 1.71 bits per heavy atom. The molecule has 178 valence electrons. The number of pyridine rings is 1. The topological polar surface area (TPSA) is 54.0 Å². The van der Waals surface area contributed by atoms with Crippen LogP contribution in [0.3, 0.4) is 0 Å². The molecule has 2 aromatic carbocycles. The van der Waals surface area contributed by atoms with Gasteiger partial charge in [-0.1, -0.05) is 54.7 Å². The Labute approximate surface area is 212 Å². The van der Waals surface area contributed by atoms with E-state index in [4.69, 9.17) is 17.2 Å². The highest BCUT2D eigenvalue weighted by molar-refractivity contribution is 7.80. The molecule has 4 nitrogen and oxygen atoms in total. The SMILES string of the molecule is C=CCc1cccc(C(=S)NNC(=O)c2cc(C34CC5CC(CC(C5)C3)C4)c3ccccc3n2)c1. The maximum absolute atomic E-state index is 13.3. The van der Waals surface area contributed by atoms with Crippen LogP contribution in [0, 0.1) is 17.8 Å². The number of hydrazine groups is 1. The fourth-order valence-electron chi connectivity index (χ4n) is 7.43. The van der Waals surface area contributed by atoms with Crippen LogP contribution in [0.5, 0.6) is 0 Å². The lowest BCUT2D eigenvalue weighted by molar-refractivity contribution is -0.00454. The number of allylic oxidation sites excluding steroid dienone is 1. The quantitative estimate of drug-likeness (QED) is 0.265. The molecule has 35 heavy (non-hydrogen) atoms. The first-order valence-corrected chi connectivity index (χ1v) is 13.1. The van der Waals surface area contributed by atoms with Crippen LogP contribution >= 0.6 is 12.2 Å². The van der Waals surface area contributed by atoms with Gasteiger partial charge in [0.25, 0.3) is 5.91 Å². The number of aromatic nitrogens is 1. The van der Waals surface area contributed by atoms with E-state index in [0.29, 0.717) is 10.7 Å². The van der Waals surface area contributed by atoms with Crippen molar-refractivity contribution in [1.29, 1.82) is 0 Å². The lowest BCUT2D eigenvalue weighted by atomic mass is 9.48. The molecule has 1 amide bonds. The summed E-state index contributed by atoms with van der Waals surface area (Å²) < 4.78 is 0. The molecule has 4 aliphatic carbocycles. The lowest BCUT2D eigenvalue weighted by Crippen LogP contribution is -2.48. The normalized spacial score (nSPS) is 26.5. The second-order valence-electron chi connectivity index (χ2n) is 10.9. The van der Waals surface area contributed by atoms with Gasteiger partial charge in [-0.05, 0) is 97.4 Å². The Bertz CT molecular complexity index is 1290. The predicted molar refractivity (Wildman–Crippen MR) is 144 cm³/mol. The number of nitrogens with one attached hydrogen (secondary N) is 2. The number of fused-ring (bicyclic) bond motifs is 1. The summed E-state index contributed by atoms with van der Waals surface area (Å²) in [5.41, 5.74) is 10.6. The number of carbonyl (C=O) groups excluding carboxylic acids is 1. The molecular formula is C30H31N3OS. The molecule has 4 aliphatic rings. The van der Waals surface area contributed by atoms with Crippen LogP contribution in [-0.2, 0) is 11.8 Å². The van der Waals surface area contributed by atoms with Crippen LogP contribution in [0.4, 0.5) is 0 Å². The van der Waals surface area contributed by atoms with E-state index >= 15 is 0 Å². The van der Waals surface area contributed by atoms with E-state index in [0.717, 1.165) is 40.8 Å². The average molecular weight is 482 g/mol. The number of nitrogens with zero attached hydrogens (tertiary/aromatic N) is 1. The molecule has 4 fully saturated rings. The molecule has 0 aliphatic heterocycles. The highest BCUT2D eigenvalue weighted by Crippen LogP contribution is 2.61. The molecule has 0 radical (unpaired) electrons. The van der Waals surface area contributed by atoms with Gasteiger partial charge in [-0.3, -0.25) is 15.6 Å². The zero-order valence-electron chi connectivity index (χ0n) is 19.9. The van der Waals surface area contributed by atoms with E-state index in [9.17, 15) is 4.79 Å². The molecule has 1 aromatic heterocycles. The summed E-state index contributed by atoms with van der Waals surface area (Å²) in [7, 11) is 0. The summed E-state index contributed by atoms with van der Waals surface area (Å²) in [4.78, 5) is 18.5. The molecule has 3 aromatic rings. The third-order valence-corrected chi connectivity index (χ3v) is 8.75. The minimum Gasteiger partial charge on any atom is -0.287 e. The second-order valence-corrected chi connectivity index (χ2v) is 11.3. The van der Waals surface area contributed by atoms with Crippen molar-refractivity contribution in [3.63, 3.8) is 0 Å². The summed E-state index contributed by atoms with van der Waals surface area (Å²) in [6, 6.07) is 18.3. The summed E-state index contributed by atoms with van der Waals surface area (Å²) in [5, 5.41) is 1.20. The average Bonchev–Trinajstić information content (AvgIpc) is 2.86. The van der Waals surface area contributed by atoms with E-state index in [-0.39, 0.29) is 11.3 Å². The standard InChI is InChI=1S/C30H31N3OS/c1-2-6-19-7-5-8-23(14-19)29(35)33-32-28(34)27-15-25(24-9-3-4-10-26(24)31-27)30-16-20-11-21(17-30)13-22(12-20)18-30/h2-5,7-10,14-15,20-22H,1,6,11-13,16-18H2,(H,32,34)(H,33,35). The molecule has 7 rings (SSSR count). The van der Waals surface area contributed by atoms with Crippen molar-refractivity contribution in [1.82, 2.24) is 15.8 Å². The van der Waals surface area contributed by atoms with Crippen LogP contribution in [0.2, 0.25) is 0 Å². The van der Waals surface area contributed by atoms with Crippen molar-refractivity contribution in [3.8, 4) is 0 Å². The molecule has 0 saturated heterocycles. The fraction of sp³-hybridized carbons (Fsp3) is 0.367. The van der Waals surface area contributed by atoms with Gasteiger partial charge >= 0.3 is 0 Å². The first kappa shape index (κ1) is 22.4. The van der Waals surface area contributed by atoms with Crippen molar-refractivity contribution in [3.05, 3.63) is 89.6 Å². The zero-order valence-corrected chi connectivity index (χ0v) is 20.7. The molecule has 0 atom stereocenters. The minimum atomic E-state index is -0.258.